The molecule has 0 spiro atoms. The van der Waals surface area contributed by atoms with E-state index in [0.717, 1.165) is 61.6 Å². The van der Waals surface area contributed by atoms with Crippen molar-refractivity contribution in [1.82, 2.24) is 10.2 Å². The average Bonchev–Trinajstić information content (AvgIpc) is 2.93. The zero-order valence-corrected chi connectivity index (χ0v) is 21.0. The largest absolute Gasteiger partial charge is 0.492 e. The van der Waals surface area contributed by atoms with Crippen molar-refractivity contribution in [2.24, 2.45) is 0 Å². The molecule has 190 valence electrons. The SMILES string of the molecule is CN(CCOc1cccc(CNC(=O)COc2ccccc2Cc2ccccc2)c1)C1CCOCC1. The van der Waals surface area contributed by atoms with Crippen LogP contribution in [-0.2, 0) is 22.5 Å². The quantitative estimate of drug-likeness (QED) is 0.408. The highest BCUT2D eigenvalue weighted by molar-refractivity contribution is 5.77. The predicted octanol–water partition coefficient (Wildman–Crippen LogP) is 4.46. The van der Waals surface area contributed by atoms with E-state index in [1.54, 1.807) is 0 Å². The number of ether oxygens (including phenoxy) is 3. The second kappa shape index (κ2) is 13.7. The summed E-state index contributed by atoms with van der Waals surface area (Å²) in [6.45, 7) is 3.58. The number of carbonyl (C=O) groups is 1. The number of hydrogen-bond acceptors (Lipinski definition) is 5. The Morgan fingerprint density at radius 3 is 2.53 bits per heavy atom. The van der Waals surface area contributed by atoms with Crippen molar-refractivity contribution >= 4 is 5.91 Å². The van der Waals surface area contributed by atoms with Gasteiger partial charge in [0, 0.05) is 38.8 Å². The molecule has 0 bridgehead atoms. The van der Waals surface area contributed by atoms with Crippen LogP contribution in [0.3, 0.4) is 0 Å². The molecular weight excluding hydrogens is 452 g/mol. The Hall–Kier alpha value is -3.35. The highest BCUT2D eigenvalue weighted by Gasteiger charge is 2.18. The van der Waals surface area contributed by atoms with E-state index in [-0.39, 0.29) is 12.5 Å². The lowest BCUT2D eigenvalue weighted by atomic mass is 10.0. The molecule has 1 heterocycles. The average molecular weight is 489 g/mol. The van der Waals surface area contributed by atoms with Gasteiger partial charge in [-0.15, -0.1) is 0 Å². The van der Waals surface area contributed by atoms with Crippen molar-refractivity contribution in [3.8, 4) is 11.5 Å². The first kappa shape index (κ1) is 25.7. The second-order valence-corrected chi connectivity index (χ2v) is 9.16. The van der Waals surface area contributed by atoms with Gasteiger partial charge in [-0.2, -0.15) is 0 Å². The standard InChI is InChI=1S/C30H36N2O4/c1-32(27-14-17-34-18-15-27)16-19-35-28-12-7-10-25(21-28)22-31-30(33)23-36-29-13-6-5-11-26(29)20-24-8-3-2-4-9-24/h2-13,21,27H,14-20,22-23H2,1H3,(H,31,33). The smallest absolute Gasteiger partial charge is 0.258 e. The van der Waals surface area contributed by atoms with E-state index < -0.39 is 0 Å². The number of carbonyl (C=O) groups excluding carboxylic acids is 1. The lowest BCUT2D eigenvalue weighted by molar-refractivity contribution is -0.123. The molecule has 0 radical (unpaired) electrons. The summed E-state index contributed by atoms with van der Waals surface area (Å²) in [5.74, 6) is 1.39. The van der Waals surface area contributed by atoms with Gasteiger partial charge in [0.1, 0.15) is 18.1 Å². The molecule has 6 nitrogen and oxygen atoms in total. The van der Waals surface area contributed by atoms with Crippen molar-refractivity contribution in [3.63, 3.8) is 0 Å². The Balaban J connectivity index is 1.20. The van der Waals surface area contributed by atoms with Crippen LogP contribution in [0.15, 0.2) is 78.9 Å². The summed E-state index contributed by atoms with van der Waals surface area (Å²) in [6, 6.07) is 26.5. The summed E-state index contributed by atoms with van der Waals surface area (Å²) < 4.78 is 17.3. The number of para-hydroxylation sites is 1. The number of amides is 1. The van der Waals surface area contributed by atoms with E-state index >= 15 is 0 Å². The maximum atomic E-state index is 12.5. The zero-order chi connectivity index (χ0) is 25.0. The molecular formula is C30H36N2O4. The molecule has 1 N–H and O–H groups in total. The summed E-state index contributed by atoms with van der Waals surface area (Å²) in [5, 5.41) is 2.94. The Labute approximate surface area is 214 Å². The lowest BCUT2D eigenvalue weighted by Crippen LogP contribution is -2.38. The van der Waals surface area contributed by atoms with Crippen LogP contribution in [0, 0.1) is 0 Å². The maximum absolute atomic E-state index is 12.5. The first-order valence-corrected chi connectivity index (χ1v) is 12.7. The van der Waals surface area contributed by atoms with Crippen molar-refractivity contribution in [1.29, 1.82) is 0 Å². The first-order valence-electron chi connectivity index (χ1n) is 12.7. The molecule has 0 unspecified atom stereocenters. The summed E-state index contributed by atoms with van der Waals surface area (Å²) in [7, 11) is 2.15. The van der Waals surface area contributed by atoms with Gasteiger partial charge in [0.15, 0.2) is 6.61 Å². The van der Waals surface area contributed by atoms with Gasteiger partial charge in [0.25, 0.3) is 5.91 Å². The van der Waals surface area contributed by atoms with Gasteiger partial charge in [-0.1, -0.05) is 60.7 Å². The molecule has 1 saturated heterocycles. The van der Waals surface area contributed by atoms with Crippen LogP contribution in [0.2, 0.25) is 0 Å². The van der Waals surface area contributed by atoms with E-state index in [9.17, 15) is 4.79 Å². The van der Waals surface area contributed by atoms with Crippen LogP contribution in [0.1, 0.15) is 29.5 Å². The summed E-state index contributed by atoms with van der Waals surface area (Å²) >= 11 is 0. The van der Waals surface area contributed by atoms with Crippen molar-refractivity contribution in [2.45, 2.75) is 31.8 Å². The number of hydrogen-bond donors (Lipinski definition) is 1. The number of benzene rings is 3. The van der Waals surface area contributed by atoms with E-state index in [1.807, 2.05) is 66.7 Å². The molecule has 3 aromatic carbocycles. The minimum absolute atomic E-state index is 0.0272. The van der Waals surface area contributed by atoms with Crippen LogP contribution in [0.25, 0.3) is 0 Å². The molecule has 0 aliphatic carbocycles. The second-order valence-electron chi connectivity index (χ2n) is 9.16. The highest BCUT2D eigenvalue weighted by Crippen LogP contribution is 2.21. The number of rotatable bonds is 12. The fraction of sp³-hybridized carbons (Fsp3) is 0.367. The van der Waals surface area contributed by atoms with E-state index in [0.29, 0.717) is 19.2 Å². The summed E-state index contributed by atoms with van der Waals surface area (Å²) in [5.41, 5.74) is 3.25. The van der Waals surface area contributed by atoms with Gasteiger partial charge < -0.3 is 19.5 Å². The lowest BCUT2D eigenvalue weighted by Gasteiger charge is -2.31. The topological polar surface area (TPSA) is 60.0 Å². The number of nitrogens with one attached hydrogen (secondary N) is 1. The fourth-order valence-corrected chi connectivity index (χ4v) is 4.36. The van der Waals surface area contributed by atoms with E-state index in [2.05, 4.69) is 29.4 Å². The van der Waals surface area contributed by atoms with Crippen LogP contribution in [0.4, 0.5) is 0 Å². The van der Waals surface area contributed by atoms with Crippen molar-refractivity contribution < 1.29 is 19.0 Å². The Morgan fingerprint density at radius 2 is 1.69 bits per heavy atom. The third-order valence-electron chi connectivity index (χ3n) is 6.48. The zero-order valence-electron chi connectivity index (χ0n) is 21.0. The normalized spacial score (nSPS) is 13.9. The third kappa shape index (κ3) is 8.11. The predicted molar refractivity (Wildman–Crippen MR) is 141 cm³/mol. The van der Waals surface area contributed by atoms with Gasteiger partial charge in [-0.3, -0.25) is 9.69 Å². The molecule has 0 atom stereocenters. The van der Waals surface area contributed by atoms with Crippen LogP contribution in [-0.4, -0.2) is 56.9 Å². The monoisotopic (exact) mass is 488 g/mol. The van der Waals surface area contributed by atoms with Crippen LogP contribution < -0.4 is 14.8 Å². The first-order chi connectivity index (χ1) is 17.7. The molecule has 1 aliphatic rings. The number of likely N-dealkylation sites (N-methyl/N-ethyl adjacent to an activating group) is 1. The molecule has 6 heteroatoms. The summed E-state index contributed by atoms with van der Waals surface area (Å²) in [6.07, 6.45) is 2.91. The number of nitrogens with zero attached hydrogens (tertiary/aromatic N) is 1. The molecule has 0 aromatic heterocycles. The van der Waals surface area contributed by atoms with E-state index in [1.165, 1.54) is 5.56 Å². The maximum Gasteiger partial charge on any atom is 0.258 e. The molecule has 4 rings (SSSR count). The minimum Gasteiger partial charge on any atom is -0.492 e. The molecule has 0 saturated carbocycles. The minimum atomic E-state index is -0.158. The van der Waals surface area contributed by atoms with Crippen LogP contribution in [0.5, 0.6) is 11.5 Å². The van der Waals surface area contributed by atoms with Gasteiger partial charge in [0.2, 0.25) is 0 Å². The van der Waals surface area contributed by atoms with Gasteiger partial charge in [-0.05, 0) is 54.8 Å². The fourth-order valence-electron chi connectivity index (χ4n) is 4.36. The molecule has 1 amide bonds. The van der Waals surface area contributed by atoms with E-state index in [4.69, 9.17) is 14.2 Å². The van der Waals surface area contributed by atoms with Crippen molar-refractivity contribution in [3.05, 3.63) is 95.6 Å². The molecule has 1 fully saturated rings. The summed E-state index contributed by atoms with van der Waals surface area (Å²) in [4.78, 5) is 14.8. The van der Waals surface area contributed by atoms with Gasteiger partial charge >= 0.3 is 0 Å². The molecule has 36 heavy (non-hydrogen) atoms. The third-order valence-corrected chi connectivity index (χ3v) is 6.48. The Bertz CT molecular complexity index is 1080. The van der Waals surface area contributed by atoms with Gasteiger partial charge in [-0.25, -0.2) is 0 Å². The highest BCUT2D eigenvalue weighted by atomic mass is 16.5. The van der Waals surface area contributed by atoms with Crippen molar-refractivity contribution in [2.75, 3.05) is 40.0 Å². The van der Waals surface area contributed by atoms with Crippen LogP contribution >= 0.6 is 0 Å². The Kier molecular flexibility index (Phi) is 9.77. The van der Waals surface area contributed by atoms with Gasteiger partial charge in [0.05, 0.1) is 0 Å². The molecule has 3 aromatic rings. The molecule has 1 aliphatic heterocycles. The Morgan fingerprint density at radius 1 is 0.944 bits per heavy atom.